The van der Waals surface area contributed by atoms with Crippen molar-refractivity contribution in [1.82, 2.24) is 19.2 Å². The summed E-state index contributed by atoms with van der Waals surface area (Å²) in [6.45, 7) is 4.47. The smallest absolute Gasteiger partial charge is 0.228 e. The largest absolute Gasteiger partial charge is 0.342 e. The molecule has 2 atom stereocenters. The highest BCUT2D eigenvalue weighted by molar-refractivity contribution is 5.79. The van der Waals surface area contributed by atoms with Crippen LogP contribution in [0, 0.1) is 5.92 Å². The SMILES string of the molecule is CCCN1C(=O)CCC2CN(C(=O)Cc3cnc4ccccn34)CCC21. The lowest BCUT2D eigenvalue weighted by molar-refractivity contribution is -0.144. The number of hydrogen-bond donors (Lipinski definition) is 0. The summed E-state index contributed by atoms with van der Waals surface area (Å²) in [6, 6.07) is 6.16. The molecule has 0 saturated carbocycles. The van der Waals surface area contributed by atoms with E-state index in [9.17, 15) is 9.59 Å². The minimum absolute atomic E-state index is 0.160. The highest BCUT2D eigenvalue weighted by atomic mass is 16.2. The Hall–Kier alpha value is -2.37. The molecule has 4 rings (SSSR count). The number of hydrogen-bond acceptors (Lipinski definition) is 3. The summed E-state index contributed by atoms with van der Waals surface area (Å²) < 4.78 is 1.98. The fourth-order valence-corrected chi connectivity index (χ4v) is 4.49. The van der Waals surface area contributed by atoms with Crippen LogP contribution in [0.15, 0.2) is 30.6 Å². The first-order valence-electron chi connectivity index (χ1n) is 9.65. The number of pyridine rings is 1. The van der Waals surface area contributed by atoms with Crippen LogP contribution in [0.25, 0.3) is 5.65 Å². The van der Waals surface area contributed by atoms with E-state index in [1.54, 1.807) is 6.20 Å². The lowest BCUT2D eigenvalue weighted by Gasteiger charge is -2.47. The highest BCUT2D eigenvalue weighted by Gasteiger charge is 2.39. The number of aromatic nitrogens is 2. The van der Waals surface area contributed by atoms with E-state index in [0.29, 0.717) is 30.7 Å². The number of amides is 2. The lowest BCUT2D eigenvalue weighted by Crippen LogP contribution is -2.57. The molecule has 138 valence electrons. The van der Waals surface area contributed by atoms with Crippen molar-refractivity contribution in [2.24, 2.45) is 5.92 Å². The molecular formula is C20H26N4O2. The van der Waals surface area contributed by atoms with Crippen LogP contribution in [0.2, 0.25) is 0 Å². The molecule has 2 aromatic heterocycles. The first kappa shape index (κ1) is 17.1. The Balaban J connectivity index is 1.43. The Morgan fingerprint density at radius 3 is 3.04 bits per heavy atom. The fourth-order valence-electron chi connectivity index (χ4n) is 4.49. The Kier molecular flexibility index (Phi) is 4.66. The van der Waals surface area contributed by atoms with Crippen molar-refractivity contribution in [2.45, 2.75) is 45.1 Å². The fraction of sp³-hybridized carbons (Fsp3) is 0.550. The number of carbonyl (C=O) groups is 2. The van der Waals surface area contributed by atoms with E-state index in [1.807, 2.05) is 33.7 Å². The Labute approximate surface area is 153 Å². The third-order valence-electron chi connectivity index (χ3n) is 5.79. The van der Waals surface area contributed by atoms with Gasteiger partial charge in [0.05, 0.1) is 12.1 Å². The van der Waals surface area contributed by atoms with Gasteiger partial charge in [-0.2, -0.15) is 0 Å². The zero-order chi connectivity index (χ0) is 18.1. The van der Waals surface area contributed by atoms with Crippen molar-refractivity contribution in [3.8, 4) is 0 Å². The third kappa shape index (κ3) is 3.08. The average molecular weight is 354 g/mol. The Morgan fingerprint density at radius 2 is 2.19 bits per heavy atom. The normalized spacial score (nSPS) is 23.3. The van der Waals surface area contributed by atoms with Crippen LogP contribution in [0.4, 0.5) is 0 Å². The van der Waals surface area contributed by atoms with Crippen molar-refractivity contribution < 1.29 is 9.59 Å². The van der Waals surface area contributed by atoms with Crippen LogP contribution in [-0.2, 0) is 16.0 Å². The average Bonchev–Trinajstić information content (AvgIpc) is 3.07. The zero-order valence-electron chi connectivity index (χ0n) is 15.3. The van der Waals surface area contributed by atoms with Crippen molar-refractivity contribution in [3.05, 3.63) is 36.3 Å². The predicted molar refractivity (Wildman–Crippen MR) is 98.6 cm³/mol. The van der Waals surface area contributed by atoms with Crippen LogP contribution < -0.4 is 0 Å². The summed E-state index contributed by atoms with van der Waals surface area (Å²) in [5, 5.41) is 0. The summed E-state index contributed by atoms with van der Waals surface area (Å²) in [5.41, 5.74) is 1.80. The van der Waals surface area contributed by atoms with Gasteiger partial charge >= 0.3 is 0 Å². The molecule has 0 spiro atoms. The topological polar surface area (TPSA) is 57.9 Å². The van der Waals surface area contributed by atoms with Gasteiger partial charge in [0.25, 0.3) is 0 Å². The molecule has 2 fully saturated rings. The monoisotopic (exact) mass is 354 g/mol. The van der Waals surface area contributed by atoms with E-state index in [2.05, 4.69) is 16.8 Å². The van der Waals surface area contributed by atoms with E-state index < -0.39 is 0 Å². The van der Waals surface area contributed by atoms with E-state index in [0.717, 1.165) is 50.2 Å². The summed E-state index contributed by atoms with van der Waals surface area (Å²) in [7, 11) is 0. The molecule has 2 amide bonds. The van der Waals surface area contributed by atoms with E-state index in [4.69, 9.17) is 0 Å². The van der Waals surface area contributed by atoms with Gasteiger partial charge in [0.15, 0.2) is 0 Å². The molecule has 0 aliphatic carbocycles. The third-order valence-corrected chi connectivity index (χ3v) is 5.79. The number of carbonyl (C=O) groups excluding carboxylic acids is 2. The molecule has 2 aliphatic heterocycles. The van der Waals surface area contributed by atoms with E-state index in [-0.39, 0.29) is 5.91 Å². The first-order valence-corrected chi connectivity index (χ1v) is 9.65. The minimum atomic E-state index is 0.160. The Bertz CT molecular complexity index is 815. The number of fused-ring (bicyclic) bond motifs is 2. The molecule has 2 saturated heterocycles. The first-order chi connectivity index (χ1) is 12.7. The minimum Gasteiger partial charge on any atom is -0.342 e. The number of piperidine rings is 2. The summed E-state index contributed by atoms with van der Waals surface area (Å²) in [6.07, 6.45) is 7.54. The molecule has 0 radical (unpaired) electrons. The zero-order valence-corrected chi connectivity index (χ0v) is 15.3. The number of nitrogens with zero attached hydrogens (tertiary/aromatic N) is 4. The van der Waals surface area contributed by atoms with Crippen molar-refractivity contribution in [1.29, 1.82) is 0 Å². The van der Waals surface area contributed by atoms with Gasteiger partial charge in [-0.3, -0.25) is 9.59 Å². The second kappa shape index (κ2) is 7.09. The Morgan fingerprint density at radius 1 is 1.31 bits per heavy atom. The second-order valence-corrected chi connectivity index (χ2v) is 7.44. The molecule has 26 heavy (non-hydrogen) atoms. The van der Waals surface area contributed by atoms with Crippen LogP contribution in [0.5, 0.6) is 0 Å². The predicted octanol–water partition coefficient (Wildman–Crippen LogP) is 2.13. The van der Waals surface area contributed by atoms with E-state index in [1.165, 1.54) is 0 Å². The van der Waals surface area contributed by atoms with Gasteiger partial charge in [-0.05, 0) is 37.3 Å². The number of imidazole rings is 1. The number of likely N-dealkylation sites (tertiary alicyclic amines) is 2. The molecule has 2 unspecified atom stereocenters. The molecule has 2 aromatic rings. The van der Waals surface area contributed by atoms with Crippen molar-refractivity contribution in [2.75, 3.05) is 19.6 Å². The molecule has 4 heterocycles. The molecule has 0 N–H and O–H groups in total. The standard InChI is InChI=1S/C20H26N4O2/c1-2-9-24-17-8-11-22(14-15(17)6-7-19(24)25)20(26)12-16-13-21-18-5-3-4-10-23(16)18/h3-5,10,13,15,17H,2,6-9,11-12,14H2,1H3. The number of rotatable bonds is 4. The maximum absolute atomic E-state index is 12.9. The summed E-state index contributed by atoms with van der Waals surface area (Å²) in [5.74, 6) is 0.866. The van der Waals surface area contributed by atoms with Gasteiger partial charge < -0.3 is 14.2 Å². The van der Waals surface area contributed by atoms with Crippen LogP contribution >= 0.6 is 0 Å². The quantitative estimate of drug-likeness (QED) is 0.845. The second-order valence-electron chi connectivity index (χ2n) is 7.44. The van der Waals surface area contributed by atoms with Gasteiger partial charge in [0, 0.05) is 44.5 Å². The van der Waals surface area contributed by atoms with Gasteiger partial charge in [-0.1, -0.05) is 13.0 Å². The van der Waals surface area contributed by atoms with Gasteiger partial charge in [-0.25, -0.2) is 4.98 Å². The molecule has 6 heteroatoms. The maximum Gasteiger partial charge on any atom is 0.228 e. The summed E-state index contributed by atoms with van der Waals surface area (Å²) in [4.78, 5) is 33.5. The molecule has 6 nitrogen and oxygen atoms in total. The van der Waals surface area contributed by atoms with Gasteiger partial charge in [-0.15, -0.1) is 0 Å². The van der Waals surface area contributed by atoms with Gasteiger partial charge in [0.2, 0.25) is 11.8 Å². The van der Waals surface area contributed by atoms with Crippen LogP contribution in [-0.4, -0.2) is 56.7 Å². The summed E-state index contributed by atoms with van der Waals surface area (Å²) >= 11 is 0. The maximum atomic E-state index is 12.9. The van der Waals surface area contributed by atoms with Crippen LogP contribution in [0.3, 0.4) is 0 Å². The van der Waals surface area contributed by atoms with E-state index >= 15 is 0 Å². The van der Waals surface area contributed by atoms with Crippen LogP contribution in [0.1, 0.15) is 38.3 Å². The lowest BCUT2D eigenvalue weighted by atomic mass is 9.83. The van der Waals surface area contributed by atoms with Gasteiger partial charge in [0.1, 0.15) is 5.65 Å². The highest BCUT2D eigenvalue weighted by Crippen LogP contribution is 2.31. The molecule has 0 bridgehead atoms. The molecule has 2 aliphatic rings. The molecule has 0 aromatic carbocycles. The van der Waals surface area contributed by atoms with Crippen molar-refractivity contribution >= 4 is 17.5 Å². The van der Waals surface area contributed by atoms with Crippen molar-refractivity contribution in [3.63, 3.8) is 0 Å². The molecular weight excluding hydrogens is 328 g/mol.